The molecule has 1 saturated carbocycles. The average Bonchev–Trinajstić information content (AvgIpc) is 3.14. The Morgan fingerprint density at radius 1 is 1.17 bits per heavy atom. The number of aryl methyl sites for hydroxylation is 2. The molecule has 0 spiro atoms. The lowest BCUT2D eigenvalue weighted by Crippen LogP contribution is -2.35. The number of hydrogen-bond acceptors (Lipinski definition) is 2. The van der Waals surface area contributed by atoms with Gasteiger partial charge in [-0.3, -0.25) is 4.99 Å². The molecular formula is C19H30N4. The van der Waals surface area contributed by atoms with Crippen LogP contribution in [0.15, 0.2) is 23.2 Å². The minimum Gasteiger partial charge on any atom is -0.370 e. The van der Waals surface area contributed by atoms with Gasteiger partial charge in [0.25, 0.3) is 0 Å². The Bertz CT molecular complexity index is 571. The summed E-state index contributed by atoms with van der Waals surface area (Å²) in [6, 6.07) is 6.58. The number of guanidine groups is 1. The van der Waals surface area contributed by atoms with Gasteiger partial charge in [-0.25, -0.2) is 0 Å². The number of nitrogens with two attached hydrogens (primary N) is 1. The molecule has 0 radical (unpaired) electrons. The molecule has 3 rings (SSSR count). The Balaban J connectivity index is 1.63. The van der Waals surface area contributed by atoms with Gasteiger partial charge in [0.2, 0.25) is 0 Å². The summed E-state index contributed by atoms with van der Waals surface area (Å²) in [7, 11) is 4.30. The second kappa shape index (κ2) is 6.91. The van der Waals surface area contributed by atoms with Crippen molar-refractivity contribution in [2.45, 2.75) is 44.9 Å². The van der Waals surface area contributed by atoms with Gasteiger partial charge in [0, 0.05) is 24.2 Å². The van der Waals surface area contributed by atoms with Crippen LogP contribution in [0.2, 0.25) is 0 Å². The van der Waals surface area contributed by atoms with Crippen LogP contribution in [0.4, 0.5) is 5.69 Å². The van der Waals surface area contributed by atoms with Crippen LogP contribution in [0, 0.1) is 5.41 Å². The topological polar surface area (TPSA) is 53.6 Å². The molecule has 0 saturated heterocycles. The van der Waals surface area contributed by atoms with Gasteiger partial charge in [0.15, 0.2) is 5.96 Å². The first-order valence-corrected chi connectivity index (χ1v) is 8.90. The Morgan fingerprint density at radius 3 is 2.65 bits per heavy atom. The van der Waals surface area contributed by atoms with Gasteiger partial charge in [0.1, 0.15) is 0 Å². The first-order chi connectivity index (χ1) is 11.1. The number of anilines is 1. The van der Waals surface area contributed by atoms with Crippen LogP contribution in [-0.4, -0.2) is 38.0 Å². The van der Waals surface area contributed by atoms with E-state index in [0.29, 0.717) is 11.4 Å². The zero-order valence-electron chi connectivity index (χ0n) is 14.6. The third-order valence-corrected chi connectivity index (χ3v) is 5.27. The van der Waals surface area contributed by atoms with E-state index in [-0.39, 0.29) is 0 Å². The van der Waals surface area contributed by atoms with Gasteiger partial charge in [-0.2, -0.15) is 0 Å². The van der Waals surface area contributed by atoms with Crippen molar-refractivity contribution in [3.05, 3.63) is 29.3 Å². The molecule has 0 unspecified atom stereocenters. The molecule has 4 heteroatoms. The largest absolute Gasteiger partial charge is 0.370 e. The summed E-state index contributed by atoms with van der Waals surface area (Å²) in [5.74, 6) is 0.549. The number of aliphatic imine (C=N–C) groups is 1. The fourth-order valence-electron chi connectivity index (χ4n) is 4.25. The standard InChI is InChI=1S/C19H30N4/c1-23(2)14-19(10-3-4-11-19)13-21-18(20)22-17-9-8-15-6-5-7-16(15)12-17/h8-9,12H,3-7,10-11,13-14H2,1-2H3,(H3,20,21,22). The average molecular weight is 314 g/mol. The molecule has 2 aliphatic carbocycles. The van der Waals surface area contributed by atoms with Gasteiger partial charge in [0.05, 0.1) is 0 Å². The van der Waals surface area contributed by atoms with E-state index >= 15 is 0 Å². The maximum Gasteiger partial charge on any atom is 0.193 e. The smallest absolute Gasteiger partial charge is 0.193 e. The van der Waals surface area contributed by atoms with Gasteiger partial charge in [-0.1, -0.05) is 18.9 Å². The van der Waals surface area contributed by atoms with Crippen LogP contribution in [0.5, 0.6) is 0 Å². The number of benzene rings is 1. The van der Waals surface area contributed by atoms with Gasteiger partial charge < -0.3 is 16.0 Å². The minimum atomic E-state index is 0.313. The van der Waals surface area contributed by atoms with Crippen LogP contribution in [0.3, 0.4) is 0 Å². The monoisotopic (exact) mass is 314 g/mol. The molecule has 0 bridgehead atoms. The molecule has 1 aromatic carbocycles. The van der Waals surface area contributed by atoms with Crippen molar-refractivity contribution in [3.8, 4) is 0 Å². The lowest BCUT2D eigenvalue weighted by Gasteiger charge is -2.30. The Kier molecular flexibility index (Phi) is 4.90. The van der Waals surface area contributed by atoms with Crippen LogP contribution in [0.25, 0.3) is 0 Å². The predicted molar refractivity (Wildman–Crippen MR) is 98.0 cm³/mol. The second-order valence-corrected chi connectivity index (χ2v) is 7.61. The SMILES string of the molecule is CN(C)CC1(CN=C(N)Nc2ccc3c(c2)CCC3)CCCC1. The number of hydrogen-bond donors (Lipinski definition) is 2. The van der Waals surface area contributed by atoms with Crippen LogP contribution >= 0.6 is 0 Å². The quantitative estimate of drug-likeness (QED) is 0.649. The molecular weight excluding hydrogens is 284 g/mol. The van der Waals surface area contributed by atoms with E-state index in [1.807, 2.05) is 0 Å². The van der Waals surface area contributed by atoms with Crippen molar-refractivity contribution in [2.24, 2.45) is 16.1 Å². The van der Waals surface area contributed by atoms with E-state index in [0.717, 1.165) is 18.8 Å². The van der Waals surface area contributed by atoms with Crippen LogP contribution in [-0.2, 0) is 12.8 Å². The first-order valence-electron chi connectivity index (χ1n) is 8.90. The van der Waals surface area contributed by atoms with Crippen molar-refractivity contribution >= 4 is 11.6 Å². The molecule has 0 aliphatic heterocycles. The number of fused-ring (bicyclic) bond motifs is 1. The van der Waals surface area contributed by atoms with Gasteiger partial charge in [-0.05, 0) is 69.5 Å². The molecule has 1 fully saturated rings. The minimum absolute atomic E-state index is 0.313. The molecule has 0 heterocycles. The molecule has 3 N–H and O–H groups in total. The Morgan fingerprint density at radius 2 is 1.91 bits per heavy atom. The number of nitrogens with one attached hydrogen (secondary N) is 1. The molecule has 126 valence electrons. The lowest BCUT2D eigenvalue weighted by molar-refractivity contribution is 0.210. The summed E-state index contributed by atoms with van der Waals surface area (Å²) in [4.78, 5) is 6.96. The zero-order valence-corrected chi connectivity index (χ0v) is 14.6. The van der Waals surface area contributed by atoms with Gasteiger partial charge >= 0.3 is 0 Å². The fraction of sp³-hybridized carbons (Fsp3) is 0.632. The molecule has 4 nitrogen and oxygen atoms in total. The van der Waals surface area contributed by atoms with E-state index in [2.05, 4.69) is 47.5 Å². The summed E-state index contributed by atoms with van der Waals surface area (Å²) < 4.78 is 0. The highest BCUT2D eigenvalue weighted by Crippen LogP contribution is 2.38. The van der Waals surface area contributed by atoms with Crippen molar-refractivity contribution in [3.63, 3.8) is 0 Å². The summed E-state index contributed by atoms with van der Waals surface area (Å²) in [6.07, 6.45) is 8.85. The van der Waals surface area contributed by atoms with Crippen molar-refractivity contribution in [1.82, 2.24) is 4.90 Å². The highest BCUT2D eigenvalue weighted by atomic mass is 15.1. The Labute approximate surface area is 140 Å². The first kappa shape index (κ1) is 16.3. The molecule has 2 aliphatic rings. The van der Waals surface area contributed by atoms with Crippen LogP contribution < -0.4 is 11.1 Å². The molecule has 0 amide bonds. The van der Waals surface area contributed by atoms with E-state index in [9.17, 15) is 0 Å². The third kappa shape index (κ3) is 4.05. The molecule has 0 aromatic heterocycles. The fourth-order valence-corrected chi connectivity index (χ4v) is 4.25. The number of nitrogens with zero attached hydrogens (tertiary/aromatic N) is 2. The summed E-state index contributed by atoms with van der Waals surface area (Å²) in [6.45, 7) is 1.93. The molecule has 1 aromatic rings. The number of rotatable bonds is 5. The van der Waals surface area contributed by atoms with E-state index in [1.54, 1.807) is 0 Å². The van der Waals surface area contributed by atoms with Crippen molar-refractivity contribution in [1.29, 1.82) is 0 Å². The van der Waals surface area contributed by atoms with Gasteiger partial charge in [-0.15, -0.1) is 0 Å². The maximum absolute atomic E-state index is 6.14. The summed E-state index contributed by atoms with van der Waals surface area (Å²) >= 11 is 0. The van der Waals surface area contributed by atoms with Crippen molar-refractivity contribution < 1.29 is 0 Å². The molecule has 23 heavy (non-hydrogen) atoms. The van der Waals surface area contributed by atoms with E-state index in [4.69, 9.17) is 5.73 Å². The predicted octanol–water partition coefficient (Wildman–Crippen LogP) is 3.02. The lowest BCUT2D eigenvalue weighted by atomic mass is 9.86. The second-order valence-electron chi connectivity index (χ2n) is 7.61. The van der Waals surface area contributed by atoms with Crippen LogP contribution in [0.1, 0.15) is 43.2 Å². The van der Waals surface area contributed by atoms with E-state index < -0.39 is 0 Å². The zero-order chi connectivity index (χ0) is 16.3. The van der Waals surface area contributed by atoms with Crippen molar-refractivity contribution in [2.75, 3.05) is 32.5 Å². The van der Waals surface area contributed by atoms with E-state index in [1.165, 1.54) is 56.1 Å². The Hall–Kier alpha value is -1.55. The summed E-state index contributed by atoms with van der Waals surface area (Å²) in [5.41, 5.74) is 10.5. The highest BCUT2D eigenvalue weighted by Gasteiger charge is 2.34. The maximum atomic E-state index is 6.14. The normalized spacial score (nSPS) is 20.0. The summed E-state index contributed by atoms with van der Waals surface area (Å²) in [5, 5.41) is 3.28. The third-order valence-electron chi connectivity index (χ3n) is 5.27. The molecule has 0 atom stereocenters. The highest BCUT2D eigenvalue weighted by molar-refractivity contribution is 5.92.